The average molecular weight is 609 g/mol. The normalized spacial score (nSPS) is 11.3. The van der Waals surface area contributed by atoms with Gasteiger partial charge < -0.3 is 24.4 Å². The predicted molar refractivity (Wildman–Crippen MR) is 151 cm³/mol. The van der Waals surface area contributed by atoms with Crippen molar-refractivity contribution in [2.24, 2.45) is 0 Å². The molecule has 16 heteroatoms. The van der Waals surface area contributed by atoms with Gasteiger partial charge in [0.2, 0.25) is 11.9 Å². The molecule has 0 unspecified atom stereocenters. The van der Waals surface area contributed by atoms with Crippen LogP contribution in [0.2, 0.25) is 0 Å². The molecule has 0 fully saturated rings. The molecule has 2 aromatic heterocycles. The Bertz CT molecular complexity index is 1630. The SMILES string of the molecule is CCN(CCO)CCOc1ccc2nc(Nc3nc(C)c4cc(OC)c(OC)cc4n3)[nH]c(=O)c2c1.O=C(O)C(F)(F)F. The maximum Gasteiger partial charge on any atom is 0.490 e. The van der Waals surface area contributed by atoms with Gasteiger partial charge >= 0.3 is 12.1 Å². The number of halogens is 3. The number of aliphatic hydroxyl groups excluding tert-OH is 1. The summed E-state index contributed by atoms with van der Waals surface area (Å²) in [7, 11) is 3.14. The zero-order valence-electron chi connectivity index (χ0n) is 23.8. The fourth-order valence-electron chi connectivity index (χ4n) is 3.90. The van der Waals surface area contributed by atoms with Crippen LogP contribution in [0, 0.1) is 6.92 Å². The van der Waals surface area contributed by atoms with Crippen LogP contribution >= 0.6 is 0 Å². The molecule has 4 aromatic rings. The van der Waals surface area contributed by atoms with Crippen LogP contribution in [0.3, 0.4) is 0 Å². The zero-order chi connectivity index (χ0) is 31.7. The van der Waals surface area contributed by atoms with Gasteiger partial charge in [0.15, 0.2) is 11.5 Å². The summed E-state index contributed by atoms with van der Waals surface area (Å²) in [5.74, 6) is -0.517. The average Bonchev–Trinajstić information content (AvgIpc) is 2.96. The number of carboxylic acids is 1. The number of nitrogens with zero attached hydrogens (tertiary/aromatic N) is 4. The Morgan fingerprint density at radius 3 is 2.30 bits per heavy atom. The number of nitrogens with one attached hydrogen (secondary N) is 2. The van der Waals surface area contributed by atoms with Crippen molar-refractivity contribution in [2.45, 2.75) is 20.0 Å². The second-order valence-corrected chi connectivity index (χ2v) is 8.88. The standard InChI is InChI=1S/C25H30N6O5.C2HF3O2/c1-5-31(8-10-32)9-11-36-16-6-7-19-18(12-16)23(33)29-25(27-19)30-24-26-15(2)17-13-21(34-3)22(35-4)14-20(17)28-24;3-2(4,5)1(6)7/h6-7,12-14,32H,5,8-11H2,1-4H3,(H2,26,27,28,29,30,33);(H,6,7). The van der Waals surface area contributed by atoms with Crippen molar-refractivity contribution in [3.05, 3.63) is 46.4 Å². The Kier molecular flexibility index (Phi) is 11.0. The molecule has 4 N–H and O–H groups in total. The minimum atomic E-state index is -5.08. The molecule has 0 aliphatic heterocycles. The third-order valence-corrected chi connectivity index (χ3v) is 6.08. The van der Waals surface area contributed by atoms with Crippen LogP contribution in [-0.2, 0) is 4.79 Å². The van der Waals surface area contributed by atoms with Crippen LogP contribution in [-0.4, -0.2) is 94.3 Å². The lowest BCUT2D eigenvalue weighted by atomic mass is 10.1. The summed E-state index contributed by atoms with van der Waals surface area (Å²) in [5, 5.41) is 20.5. The lowest BCUT2D eigenvalue weighted by Gasteiger charge is -2.19. The van der Waals surface area contributed by atoms with Crippen molar-refractivity contribution < 1.29 is 42.4 Å². The van der Waals surface area contributed by atoms with Crippen molar-refractivity contribution >= 4 is 39.7 Å². The molecule has 13 nitrogen and oxygen atoms in total. The van der Waals surface area contributed by atoms with E-state index in [1.807, 2.05) is 19.9 Å². The molecule has 2 heterocycles. The van der Waals surface area contributed by atoms with Crippen LogP contribution < -0.4 is 25.1 Å². The summed E-state index contributed by atoms with van der Waals surface area (Å²) >= 11 is 0. The maximum atomic E-state index is 12.8. The Morgan fingerprint density at radius 2 is 1.70 bits per heavy atom. The van der Waals surface area contributed by atoms with Crippen molar-refractivity contribution in [1.82, 2.24) is 24.8 Å². The van der Waals surface area contributed by atoms with Crippen molar-refractivity contribution in [2.75, 3.05) is 52.4 Å². The van der Waals surface area contributed by atoms with Gasteiger partial charge in [0, 0.05) is 24.5 Å². The molecule has 0 saturated carbocycles. The number of aromatic amines is 1. The topological polar surface area (TPSA) is 172 Å². The summed E-state index contributed by atoms with van der Waals surface area (Å²) in [6.45, 7) is 6.54. The smallest absolute Gasteiger partial charge is 0.490 e. The van der Waals surface area contributed by atoms with E-state index in [-0.39, 0.29) is 24.1 Å². The Hall–Kier alpha value is -4.70. The highest BCUT2D eigenvalue weighted by molar-refractivity contribution is 5.86. The number of aromatic nitrogens is 4. The number of hydrogen-bond acceptors (Lipinski definition) is 11. The van der Waals surface area contributed by atoms with Gasteiger partial charge in [0.05, 0.1) is 42.9 Å². The van der Waals surface area contributed by atoms with Crippen molar-refractivity contribution in [1.29, 1.82) is 0 Å². The molecular weight excluding hydrogens is 577 g/mol. The number of H-pyrrole nitrogens is 1. The lowest BCUT2D eigenvalue weighted by molar-refractivity contribution is -0.192. The number of likely N-dealkylation sites (N-methyl/N-ethyl adjacent to an activating group) is 1. The van der Waals surface area contributed by atoms with E-state index in [1.165, 1.54) is 0 Å². The Balaban J connectivity index is 0.000000646. The van der Waals surface area contributed by atoms with Crippen LogP contribution in [0.5, 0.6) is 17.2 Å². The number of alkyl halides is 3. The van der Waals surface area contributed by atoms with E-state index in [0.29, 0.717) is 53.4 Å². The van der Waals surface area contributed by atoms with Gasteiger partial charge in [-0.25, -0.2) is 19.7 Å². The summed E-state index contributed by atoms with van der Waals surface area (Å²) in [5.41, 5.74) is 1.59. The lowest BCUT2D eigenvalue weighted by Crippen LogP contribution is -2.30. The predicted octanol–water partition coefficient (Wildman–Crippen LogP) is 3.26. The number of aliphatic hydroxyl groups is 1. The van der Waals surface area contributed by atoms with Crippen LogP contribution in [0.4, 0.5) is 25.1 Å². The summed E-state index contributed by atoms with van der Waals surface area (Å²) < 4.78 is 48.3. The highest BCUT2D eigenvalue weighted by atomic mass is 19.4. The van der Waals surface area contributed by atoms with Gasteiger partial charge in [-0.05, 0) is 37.7 Å². The molecule has 43 heavy (non-hydrogen) atoms. The third-order valence-electron chi connectivity index (χ3n) is 6.08. The first-order chi connectivity index (χ1) is 20.4. The summed E-state index contributed by atoms with van der Waals surface area (Å²) in [4.78, 5) is 40.1. The molecule has 0 spiro atoms. The first-order valence-corrected chi connectivity index (χ1v) is 12.9. The highest BCUT2D eigenvalue weighted by Crippen LogP contribution is 2.33. The second kappa shape index (κ2) is 14.5. The van der Waals surface area contributed by atoms with Gasteiger partial charge in [-0.1, -0.05) is 6.92 Å². The number of rotatable bonds is 11. The van der Waals surface area contributed by atoms with E-state index in [9.17, 15) is 18.0 Å². The molecule has 0 aliphatic rings. The number of aryl methyl sites for hydroxylation is 1. The first-order valence-electron chi connectivity index (χ1n) is 12.9. The molecule has 4 rings (SSSR count). The number of carboxylic acid groups (broad SMARTS) is 1. The first kappa shape index (κ1) is 32.8. The molecule has 0 saturated heterocycles. The van der Waals surface area contributed by atoms with Gasteiger partial charge in [0.25, 0.3) is 5.56 Å². The molecule has 0 bridgehead atoms. The maximum absolute atomic E-state index is 12.8. The number of aliphatic carboxylic acids is 1. The van der Waals surface area contributed by atoms with Crippen LogP contribution in [0.15, 0.2) is 35.1 Å². The Morgan fingerprint density at radius 1 is 1.02 bits per heavy atom. The van der Waals surface area contributed by atoms with Crippen molar-refractivity contribution in [3.8, 4) is 17.2 Å². The molecular formula is C27H31F3N6O7. The molecule has 232 valence electrons. The van der Waals surface area contributed by atoms with Crippen LogP contribution in [0.25, 0.3) is 21.8 Å². The minimum absolute atomic E-state index is 0.105. The fraction of sp³-hybridized carbons (Fsp3) is 0.370. The number of anilines is 2. The molecule has 2 aromatic carbocycles. The van der Waals surface area contributed by atoms with E-state index in [4.69, 9.17) is 29.2 Å². The second-order valence-electron chi connectivity index (χ2n) is 8.88. The fourth-order valence-corrected chi connectivity index (χ4v) is 3.90. The summed E-state index contributed by atoms with van der Waals surface area (Å²) in [6.07, 6.45) is -5.08. The molecule has 0 aliphatic carbocycles. The zero-order valence-corrected chi connectivity index (χ0v) is 23.8. The van der Waals surface area contributed by atoms with E-state index >= 15 is 0 Å². The number of benzene rings is 2. The van der Waals surface area contributed by atoms with E-state index in [0.717, 1.165) is 17.6 Å². The van der Waals surface area contributed by atoms with Crippen LogP contribution in [0.1, 0.15) is 12.6 Å². The molecule has 0 radical (unpaired) electrons. The summed E-state index contributed by atoms with van der Waals surface area (Å²) in [6, 6.07) is 8.78. The van der Waals surface area contributed by atoms with Gasteiger partial charge in [-0.2, -0.15) is 13.2 Å². The number of fused-ring (bicyclic) bond motifs is 2. The van der Waals surface area contributed by atoms with E-state index in [2.05, 4.69) is 30.2 Å². The number of methoxy groups -OCH3 is 2. The quantitative estimate of drug-likeness (QED) is 0.196. The Labute approximate surface area is 243 Å². The van der Waals surface area contributed by atoms with E-state index < -0.39 is 12.1 Å². The molecule has 0 atom stereocenters. The highest BCUT2D eigenvalue weighted by Gasteiger charge is 2.38. The van der Waals surface area contributed by atoms with Gasteiger partial charge in [0.1, 0.15) is 12.4 Å². The van der Waals surface area contributed by atoms with Crippen molar-refractivity contribution in [3.63, 3.8) is 0 Å². The van der Waals surface area contributed by atoms with Gasteiger partial charge in [-0.3, -0.25) is 20.0 Å². The largest absolute Gasteiger partial charge is 0.493 e. The number of hydrogen-bond donors (Lipinski definition) is 4. The van der Waals surface area contributed by atoms with E-state index in [1.54, 1.807) is 38.5 Å². The number of carbonyl (C=O) groups is 1. The number of ether oxygens (including phenoxy) is 3. The molecule has 0 amide bonds. The van der Waals surface area contributed by atoms with Gasteiger partial charge in [-0.15, -0.1) is 0 Å². The monoisotopic (exact) mass is 608 g/mol. The third kappa shape index (κ3) is 8.65. The minimum Gasteiger partial charge on any atom is -0.493 e.